The second-order valence-electron chi connectivity index (χ2n) is 28.1. The van der Waals surface area contributed by atoms with E-state index in [1.165, 1.54) is 110 Å². The SMILES string of the molecule is C1C2OC2CC2OC12.C1CC2OC2CC1C1CO1.COC1OC(COCC2CO2)C(O)C(O)C1OCC1CO1.COC1OC(COCC2CO2)C(OCC2CO2)C(O)C1O.C[Si](C)(CCC1CCC2OC2C1)O[Si](C)(C)CCC1CCC2OC2C1. The molecular formula is C60H102O23Si2. The number of epoxide rings is 10. The van der Waals surface area contributed by atoms with Gasteiger partial charge in [0.1, 0.15) is 73.2 Å². The minimum Gasteiger partial charge on any atom is -0.455 e. The molecule has 488 valence electrons. The maximum Gasteiger partial charge on any atom is 0.186 e. The molecule has 0 aromatic rings. The van der Waals surface area contributed by atoms with Crippen LogP contribution in [0.2, 0.25) is 38.3 Å². The van der Waals surface area contributed by atoms with E-state index in [0.29, 0.717) is 120 Å². The van der Waals surface area contributed by atoms with E-state index in [0.717, 1.165) is 24.4 Å². The first-order chi connectivity index (χ1) is 41.0. The van der Waals surface area contributed by atoms with Crippen molar-refractivity contribution in [2.24, 2.45) is 17.8 Å². The Morgan fingerprint density at radius 2 is 0.788 bits per heavy atom. The summed E-state index contributed by atoms with van der Waals surface area (Å²) in [6.07, 6.45) is 15.5. The summed E-state index contributed by atoms with van der Waals surface area (Å²) in [6.45, 7) is 15.6. The highest BCUT2D eigenvalue weighted by atomic mass is 28.4. The van der Waals surface area contributed by atoms with Gasteiger partial charge in [0.05, 0.1) is 140 Å². The molecular weight excluding hydrogens is 1140 g/mol. The predicted molar refractivity (Wildman–Crippen MR) is 305 cm³/mol. The van der Waals surface area contributed by atoms with Gasteiger partial charge in [-0.3, -0.25) is 0 Å². The van der Waals surface area contributed by atoms with Gasteiger partial charge in [-0.05, 0) is 114 Å². The summed E-state index contributed by atoms with van der Waals surface area (Å²) in [6, 6.07) is 2.68. The largest absolute Gasteiger partial charge is 0.455 e. The van der Waals surface area contributed by atoms with E-state index in [2.05, 4.69) is 26.2 Å². The molecule has 4 N–H and O–H groups in total. The van der Waals surface area contributed by atoms with Crippen LogP contribution in [-0.4, -0.2) is 277 Å². The maximum atomic E-state index is 10.2. The molecule has 85 heavy (non-hydrogen) atoms. The Kier molecular flexibility index (Phi) is 21.9. The Balaban J connectivity index is 0.000000109. The topological polar surface area (TPSA) is 289 Å². The lowest BCUT2D eigenvalue weighted by Crippen LogP contribution is -2.60. The van der Waals surface area contributed by atoms with Crippen LogP contribution in [0.15, 0.2) is 0 Å². The number of aliphatic hydroxyl groups is 4. The van der Waals surface area contributed by atoms with Crippen LogP contribution in [0.3, 0.4) is 0 Å². The van der Waals surface area contributed by atoms with E-state index in [1.807, 2.05) is 0 Å². The lowest BCUT2D eigenvalue weighted by atomic mass is 9.87. The fourth-order valence-electron chi connectivity index (χ4n) is 13.8. The quantitative estimate of drug-likeness (QED) is 0.0754. The molecule has 0 radical (unpaired) electrons. The molecule has 16 fully saturated rings. The molecule has 0 bridgehead atoms. The van der Waals surface area contributed by atoms with E-state index in [1.54, 1.807) is 0 Å². The van der Waals surface area contributed by atoms with Gasteiger partial charge in [0.2, 0.25) is 0 Å². The van der Waals surface area contributed by atoms with Crippen LogP contribution < -0.4 is 0 Å². The fourth-order valence-corrected chi connectivity index (χ4v) is 22.8. The molecule has 25 heteroatoms. The van der Waals surface area contributed by atoms with Crippen LogP contribution in [0.4, 0.5) is 0 Å². The smallest absolute Gasteiger partial charge is 0.186 e. The van der Waals surface area contributed by atoms with E-state index >= 15 is 0 Å². The van der Waals surface area contributed by atoms with Crippen molar-refractivity contribution < 1.29 is 110 Å². The fraction of sp³-hybridized carbons (Fsp3) is 1.00. The minimum atomic E-state index is -1.53. The number of aliphatic hydroxyl groups excluding tert-OH is 4. The zero-order valence-electron chi connectivity index (χ0n) is 51.1. The second-order valence-corrected chi connectivity index (χ2v) is 36.9. The van der Waals surface area contributed by atoms with Crippen molar-refractivity contribution in [3.8, 4) is 0 Å². The molecule has 16 aliphatic rings. The number of hydrogen-bond acceptors (Lipinski definition) is 23. The number of methoxy groups -OCH3 is 2. The van der Waals surface area contributed by atoms with Crippen molar-refractivity contribution in [1.29, 1.82) is 0 Å². The molecule has 16 rings (SSSR count). The molecule has 28 unspecified atom stereocenters. The lowest BCUT2D eigenvalue weighted by molar-refractivity contribution is -0.305. The third-order valence-corrected chi connectivity index (χ3v) is 27.2. The number of ether oxygens (including phenoxy) is 18. The average Bonchev–Trinajstić information content (AvgIpc) is 2.51. The molecule has 12 saturated heterocycles. The van der Waals surface area contributed by atoms with Gasteiger partial charge in [-0.15, -0.1) is 0 Å². The van der Waals surface area contributed by atoms with Gasteiger partial charge in [-0.1, -0.05) is 12.8 Å². The van der Waals surface area contributed by atoms with Crippen LogP contribution in [0, 0.1) is 17.8 Å². The minimum absolute atomic E-state index is 0.0615. The van der Waals surface area contributed by atoms with Crippen LogP contribution in [0.1, 0.15) is 83.5 Å². The van der Waals surface area contributed by atoms with E-state index in [4.69, 9.17) is 89.4 Å². The van der Waals surface area contributed by atoms with Crippen molar-refractivity contribution in [2.75, 3.05) is 86.9 Å². The number of rotatable bonds is 25. The molecule has 12 heterocycles. The van der Waals surface area contributed by atoms with Crippen molar-refractivity contribution in [3.63, 3.8) is 0 Å². The third kappa shape index (κ3) is 19.8. The van der Waals surface area contributed by atoms with Crippen LogP contribution in [0.25, 0.3) is 0 Å². The predicted octanol–water partition coefficient (Wildman–Crippen LogP) is 3.15. The van der Waals surface area contributed by atoms with Gasteiger partial charge in [0.15, 0.2) is 29.2 Å². The molecule has 28 atom stereocenters. The Morgan fingerprint density at radius 3 is 1.25 bits per heavy atom. The summed E-state index contributed by atoms with van der Waals surface area (Å²) in [5.74, 6) is 2.64. The van der Waals surface area contributed by atoms with Gasteiger partial charge in [-0.25, -0.2) is 0 Å². The van der Waals surface area contributed by atoms with Crippen molar-refractivity contribution >= 4 is 16.6 Å². The Morgan fingerprint density at radius 1 is 0.376 bits per heavy atom. The molecule has 0 spiro atoms. The molecule has 0 amide bonds. The first kappa shape index (κ1) is 64.6. The molecule has 4 saturated carbocycles. The van der Waals surface area contributed by atoms with E-state index in [-0.39, 0.29) is 37.6 Å². The second kappa shape index (κ2) is 28.8. The maximum absolute atomic E-state index is 10.2. The molecule has 0 aromatic carbocycles. The van der Waals surface area contributed by atoms with Crippen LogP contribution >= 0.6 is 0 Å². The third-order valence-electron chi connectivity index (χ3n) is 19.8. The molecule has 0 aromatic heterocycles. The van der Waals surface area contributed by atoms with E-state index in [9.17, 15) is 20.4 Å². The van der Waals surface area contributed by atoms with Crippen LogP contribution in [0.5, 0.6) is 0 Å². The Bertz CT molecular complexity index is 2000. The molecule has 4 aliphatic carbocycles. The molecule has 23 nitrogen and oxygen atoms in total. The first-order valence-electron chi connectivity index (χ1n) is 32.6. The summed E-state index contributed by atoms with van der Waals surface area (Å²) in [4.78, 5) is 0. The Hall–Kier alpha value is -0.486. The summed E-state index contributed by atoms with van der Waals surface area (Å²) in [5.41, 5.74) is 0. The summed E-state index contributed by atoms with van der Waals surface area (Å²) < 4.78 is 103. The Labute approximate surface area is 504 Å². The lowest BCUT2D eigenvalue weighted by Gasteiger charge is -2.41. The van der Waals surface area contributed by atoms with Crippen molar-refractivity contribution in [1.82, 2.24) is 0 Å². The van der Waals surface area contributed by atoms with Crippen molar-refractivity contribution in [2.45, 2.75) is 275 Å². The van der Waals surface area contributed by atoms with E-state index < -0.39 is 78.0 Å². The normalized spacial score (nSPS) is 47.4. The van der Waals surface area contributed by atoms with Gasteiger partial charge in [0, 0.05) is 27.1 Å². The zero-order chi connectivity index (χ0) is 59.0. The van der Waals surface area contributed by atoms with Crippen LogP contribution in [-0.2, 0) is 89.4 Å². The first-order valence-corrected chi connectivity index (χ1v) is 38.8. The number of hydrogen-bond donors (Lipinski definition) is 4. The number of fused-ring (bicyclic) bond motifs is 5. The average molecular weight is 1250 g/mol. The van der Waals surface area contributed by atoms with Gasteiger partial charge in [0.25, 0.3) is 0 Å². The van der Waals surface area contributed by atoms with Gasteiger partial charge < -0.3 is 110 Å². The highest BCUT2D eigenvalue weighted by Gasteiger charge is 2.57. The zero-order valence-corrected chi connectivity index (χ0v) is 53.1. The summed E-state index contributed by atoms with van der Waals surface area (Å²) in [7, 11) is -0.174. The monoisotopic (exact) mass is 1250 g/mol. The summed E-state index contributed by atoms with van der Waals surface area (Å²) in [5, 5.41) is 40.5. The van der Waals surface area contributed by atoms with Crippen molar-refractivity contribution in [3.05, 3.63) is 0 Å². The summed E-state index contributed by atoms with van der Waals surface area (Å²) >= 11 is 0. The highest BCUT2D eigenvalue weighted by Crippen LogP contribution is 2.47. The van der Waals surface area contributed by atoms with Gasteiger partial charge >= 0.3 is 0 Å². The van der Waals surface area contributed by atoms with Gasteiger partial charge in [-0.2, -0.15) is 0 Å². The molecule has 12 aliphatic heterocycles. The standard InChI is InChI=1S/C20H38O3Si2.2C13H22O8.C8H12O2.C6H8O2/c1-24(2,11-9-15-5-7-17-19(13-15)21-17)23-25(3,4)12-10-16-6-8-18-20(14-16)22-18;1-16-13-11(15)10(14)12(20-5-8-4-19-8)9(21-13)6-17-2-7-3-18-7;1-16-13-12(20-5-8-4-19-8)11(15)10(14)9(21-13)6-17-2-7-3-18-7;1-2-6-7(10-6)3-5(1)8-4-9-8;1-3-5(7-3)2-6-4(1)8-6/h15-20H,5-14H2,1-4H3;2*7-15H,2-6H2,1H3;5-8H,1-4H2;3-6H,1-2H2. The highest BCUT2D eigenvalue weighted by molar-refractivity contribution is 6.84.